The summed E-state index contributed by atoms with van der Waals surface area (Å²) in [7, 11) is 1.80. The average Bonchev–Trinajstić information content (AvgIpc) is 3.00. The van der Waals surface area contributed by atoms with Gasteiger partial charge in [-0.3, -0.25) is 4.79 Å². The van der Waals surface area contributed by atoms with E-state index in [1.807, 2.05) is 25.1 Å². The van der Waals surface area contributed by atoms with Crippen LogP contribution in [0.2, 0.25) is 0 Å². The van der Waals surface area contributed by atoms with Crippen LogP contribution in [0.5, 0.6) is 0 Å². The molecular formula is C17H21N3O2. The molecule has 1 aliphatic rings. The molecule has 0 saturated carbocycles. The molecule has 1 amide bonds. The first-order chi connectivity index (χ1) is 10.4. The Morgan fingerprint density at radius 2 is 2.14 bits per heavy atom. The Hall–Kier alpha value is -2.30. The maximum atomic E-state index is 12.7. The third-order valence-corrected chi connectivity index (χ3v) is 4.26. The Morgan fingerprint density at radius 1 is 1.41 bits per heavy atom. The van der Waals surface area contributed by atoms with Gasteiger partial charge in [0, 0.05) is 30.1 Å². The minimum absolute atomic E-state index is 0.0499. The average molecular weight is 299 g/mol. The highest BCUT2D eigenvalue weighted by Crippen LogP contribution is 2.27. The summed E-state index contributed by atoms with van der Waals surface area (Å²) in [6, 6.07) is 8.16. The number of carbonyl (C=O) groups excluding carboxylic acids is 1. The molecule has 0 radical (unpaired) electrons. The van der Waals surface area contributed by atoms with Crippen molar-refractivity contribution in [1.82, 2.24) is 9.88 Å². The Balaban J connectivity index is 1.80. The zero-order valence-electron chi connectivity index (χ0n) is 13.4. The van der Waals surface area contributed by atoms with Crippen molar-refractivity contribution in [3.8, 4) is 0 Å². The van der Waals surface area contributed by atoms with Crippen LogP contribution >= 0.6 is 0 Å². The van der Waals surface area contributed by atoms with E-state index in [1.54, 1.807) is 18.9 Å². The number of hydrogen-bond donors (Lipinski definition) is 1. The standard InChI is InChI=1S/C17H21N3O2/c1-11-9-17(3,22-19-11)16(21)20(4)10-15-12(2)13-7-5-6-8-14(13)18-15/h5-8,18H,9-10H2,1-4H3. The second-order valence-corrected chi connectivity index (χ2v) is 6.26. The quantitative estimate of drug-likeness (QED) is 0.947. The van der Waals surface area contributed by atoms with Crippen molar-refractivity contribution in [2.75, 3.05) is 7.05 Å². The van der Waals surface area contributed by atoms with Crippen LogP contribution in [0.3, 0.4) is 0 Å². The molecule has 2 aromatic rings. The molecular weight excluding hydrogens is 278 g/mol. The lowest BCUT2D eigenvalue weighted by Crippen LogP contribution is -2.45. The van der Waals surface area contributed by atoms with Crippen molar-refractivity contribution in [3.05, 3.63) is 35.5 Å². The van der Waals surface area contributed by atoms with Crippen LogP contribution < -0.4 is 0 Å². The van der Waals surface area contributed by atoms with Gasteiger partial charge in [-0.15, -0.1) is 0 Å². The number of nitrogens with one attached hydrogen (secondary N) is 1. The molecule has 0 bridgehead atoms. The summed E-state index contributed by atoms with van der Waals surface area (Å²) in [6.07, 6.45) is 0.544. The summed E-state index contributed by atoms with van der Waals surface area (Å²) in [5.74, 6) is -0.0499. The highest BCUT2D eigenvalue weighted by Gasteiger charge is 2.42. The van der Waals surface area contributed by atoms with Crippen molar-refractivity contribution >= 4 is 22.5 Å². The third-order valence-electron chi connectivity index (χ3n) is 4.26. The van der Waals surface area contributed by atoms with E-state index in [2.05, 4.69) is 23.1 Å². The van der Waals surface area contributed by atoms with Crippen LogP contribution in [0.25, 0.3) is 10.9 Å². The van der Waals surface area contributed by atoms with Crippen molar-refractivity contribution in [1.29, 1.82) is 0 Å². The molecule has 5 heteroatoms. The van der Waals surface area contributed by atoms with Crippen molar-refractivity contribution in [2.24, 2.45) is 5.16 Å². The van der Waals surface area contributed by atoms with E-state index in [0.717, 1.165) is 16.9 Å². The molecule has 2 heterocycles. The number of aryl methyl sites for hydroxylation is 1. The second kappa shape index (κ2) is 5.16. The Morgan fingerprint density at radius 3 is 2.77 bits per heavy atom. The number of aromatic nitrogens is 1. The minimum Gasteiger partial charge on any atom is -0.379 e. The number of nitrogens with zero attached hydrogens (tertiary/aromatic N) is 2. The topological polar surface area (TPSA) is 57.7 Å². The van der Waals surface area contributed by atoms with E-state index in [-0.39, 0.29) is 5.91 Å². The van der Waals surface area contributed by atoms with Gasteiger partial charge in [0.2, 0.25) is 5.60 Å². The van der Waals surface area contributed by atoms with E-state index in [4.69, 9.17) is 4.84 Å². The van der Waals surface area contributed by atoms with Gasteiger partial charge in [-0.05, 0) is 32.4 Å². The van der Waals surface area contributed by atoms with E-state index >= 15 is 0 Å². The van der Waals surface area contributed by atoms with E-state index in [1.165, 1.54) is 10.9 Å². The number of aromatic amines is 1. The molecule has 0 saturated heterocycles. The summed E-state index contributed by atoms with van der Waals surface area (Å²) in [4.78, 5) is 23.1. The lowest BCUT2D eigenvalue weighted by molar-refractivity contribution is -0.152. The number of H-pyrrole nitrogens is 1. The highest BCUT2D eigenvalue weighted by atomic mass is 16.7. The lowest BCUT2D eigenvalue weighted by Gasteiger charge is -2.26. The number of amides is 1. The first-order valence-corrected chi connectivity index (χ1v) is 7.44. The van der Waals surface area contributed by atoms with Crippen molar-refractivity contribution < 1.29 is 9.63 Å². The van der Waals surface area contributed by atoms with Gasteiger partial charge in [-0.1, -0.05) is 23.4 Å². The van der Waals surface area contributed by atoms with Gasteiger partial charge in [0.1, 0.15) is 0 Å². The molecule has 1 aliphatic heterocycles. The molecule has 116 valence electrons. The fourth-order valence-electron chi connectivity index (χ4n) is 3.05. The molecule has 0 aliphatic carbocycles. The maximum Gasteiger partial charge on any atom is 0.269 e. The van der Waals surface area contributed by atoms with Crippen LogP contribution in [0.1, 0.15) is 31.5 Å². The van der Waals surface area contributed by atoms with E-state index < -0.39 is 5.60 Å². The molecule has 0 fully saturated rings. The molecule has 3 rings (SSSR count). The smallest absolute Gasteiger partial charge is 0.269 e. The summed E-state index contributed by atoms with van der Waals surface area (Å²) in [5, 5.41) is 5.11. The summed E-state index contributed by atoms with van der Waals surface area (Å²) < 4.78 is 0. The van der Waals surface area contributed by atoms with Gasteiger partial charge in [0.15, 0.2) is 0 Å². The number of likely N-dealkylation sites (N-methyl/N-ethyl adjacent to an activating group) is 1. The summed E-state index contributed by atoms with van der Waals surface area (Å²) in [5.41, 5.74) is 3.31. The van der Waals surface area contributed by atoms with Gasteiger partial charge in [-0.2, -0.15) is 0 Å². The first-order valence-electron chi connectivity index (χ1n) is 7.44. The van der Waals surface area contributed by atoms with Crippen LogP contribution in [0.4, 0.5) is 0 Å². The maximum absolute atomic E-state index is 12.7. The number of para-hydroxylation sites is 1. The Kier molecular flexibility index (Phi) is 3.43. The van der Waals surface area contributed by atoms with E-state index in [9.17, 15) is 4.79 Å². The molecule has 22 heavy (non-hydrogen) atoms. The highest BCUT2D eigenvalue weighted by molar-refractivity contribution is 5.94. The first kappa shape index (κ1) is 14.6. The summed E-state index contributed by atoms with van der Waals surface area (Å²) >= 11 is 0. The number of carbonyl (C=O) groups is 1. The Labute approximate surface area is 129 Å². The fourth-order valence-corrected chi connectivity index (χ4v) is 3.05. The molecule has 0 spiro atoms. The third kappa shape index (κ3) is 2.36. The second-order valence-electron chi connectivity index (χ2n) is 6.26. The number of fused-ring (bicyclic) bond motifs is 1. The molecule has 5 nitrogen and oxygen atoms in total. The number of oxime groups is 1. The monoisotopic (exact) mass is 299 g/mol. The minimum atomic E-state index is -0.876. The fraction of sp³-hybridized carbons (Fsp3) is 0.412. The molecule has 1 unspecified atom stereocenters. The zero-order chi connectivity index (χ0) is 15.9. The molecule has 1 N–H and O–H groups in total. The molecule has 1 aromatic carbocycles. The van der Waals surface area contributed by atoms with Gasteiger partial charge in [-0.25, -0.2) is 0 Å². The number of benzene rings is 1. The predicted molar refractivity (Wildman–Crippen MR) is 86.7 cm³/mol. The zero-order valence-corrected chi connectivity index (χ0v) is 13.4. The SMILES string of the molecule is CC1=NOC(C)(C(=O)N(C)Cc2[nH]c3ccccc3c2C)C1. The number of rotatable bonds is 3. The Bertz CT molecular complexity index is 762. The van der Waals surface area contributed by atoms with Crippen molar-refractivity contribution in [2.45, 2.75) is 39.3 Å². The van der Waals surface area contributed by atoms with Crippen LogP contribution in [-0.4, -0.2) is 34.2 Å². The van der Waals surface area contributed by atoms with Crippen LogP contribution in [-0.2, 0) is 16.2 Å². The summed E-state index contributed by atoms with van der Waals surface area (Å²) in [6.45, 7) is 6.27. The predicted octanol–water partition coefficient (Wildman–Crippen LogP) is 2.99. The van der Waals surface area contributed by atoms with Crippen molar-refractivity contribution in [3.63, 3.8) is 0 Å². The van der Waals surface area contributed by atoms with Gasteiger partial charge >= 0.3 is 0 Å². The van der Waals surface area contributed by atoms with Gasteiger partial charge < -0.3 is 14.7 Å². The van der Waals surface area contributed by atoms with Crippen LogP contribution in [0.15, 0.2) is 29.4 Å². The van der Waals surface area contributed by atoms with Gasteiger partial charge in [0.05, 0.1) is 12.3 Å². The lowest BCUT2D eigenvalue weighted by atomic mass is 9.98. The molecule has 1 aromatic heterocycles. The van der Waals surface area contributed by atoms with Gasteiger partial charge in [0.25, 0.3) is 5.91 Å². The molecule has 1 atom stereocenters. The van der Waals surface area contributed by atoms with Crippen LogP contribution in [0, 0.1) is 6.92 Å². The van der Waals surface area contributed by atoms with E-state index in [0.29, 0.717) is 13.0 Å². The largest absolute Gasteiger partial charge is 0.379 e. The number of hydrogen-bond acceptors (Lipinski definition) is 3. The normalized spacial score (nSPS) is 20.8.